The van der Waals surface area contributed by atoms with Crippen molar-refractivity contribution < 1.29 is 4.79 Å². The predicted molar refractivity (Wildman–Crippen MR) is 106 cm³/mol. The van der Waals surface area contributed by atoms with Gasteiger partial charge in [0, 0.05) is 36.8 Å². The number of nitrogens with zero attached hydrogens (tertiary/aromatic N) is 2. The summed E-state index contributed by atoms with van der Waals surface area (Å²) in [6.45, 7) is 2.93. The van der Waals surface area contributed by atoms with Crippen LogP contribution < -0.4 is 5.32 Å². The lowest BCUT2D eigenvalue weighted by Gasteiger charge is -2.32. The molecular weight excluding hydrogens is 342 g/mol. The van der Waals surface area contributed by atoms with Gasteiger partial charge in [-0.15, -0.1) is 11.3 Å². The van der Waals surface area contributed by atoms with Crippen LogP contribution in [-0.4, -0.2) is 34.9 Å². The van der Waals surface area contributed by atoms with Crippen LogP contribution in [0.25, 0.3) is 0 Å². The Balaban J connectivity index is 1.28. The van der Waals surface area contributed by atoms with Gasteiger partial charge in [0.15, 0.2) is 0 Å². The molecule has 5 heteroatoms. The molecule has 1 fully saturated rings. The van der Waals surface area contributed by atoms with E-state index in [4.69, 9.17) is 0 Å². The van der Waals surface area contributed by atoms with Crippen molar-refractivity contribution in [1.29, 1.82) is 0 Å². The Morgan fingerprint density at radius 2 is 2.04 bits per heavy atom. The number of aryl methyl sites for hydroxylation is 2. The number of carbonyl (C=O) groups is 1. The number of piperidine rings is 1. The molecule has 2 aromatic heterocycles. The number of hydrogen-bond donors (Lipinski definition) is 1. The lowest BCUT2D eigenvalue weighted by molar-refractivity contribution is 0.0912. The number of aromatic nitrogens is 1. The Morgan fingerprint density at radius 1 is 1.19 bits per heavy atom. The highest BCUT2D eigenvalue weighted by Crippen LogP contribution is 2.29. The van der Waals surface area contributed by atoms with Crippen LogP contribution in [0.1, 0.15) is 57.9 Å². The zero-order valence-electron chi connectivity index (χ0n) is 15.2. The van der Waals surface area contributed by atoms with Gasteiger partial charge >= 0.3 is 0 Å². The Labute approximate surface area is 159 Å². The maximum absolute atomic E-state index is 12.7. The van der Waals surface area contributed by atoms with Crippen LogP contribution in [-0.2, 0) is 19.4 Å². The second kappa shape index (κ2) is 8.31. The molecule has 0 radical (unpaired) electrons. The summed E-state index contributed by atoms with van der Waals surface area (Å²) in [5.41, 5.74) is 2.54. The van der Waals surface area contributed by atoms with Crippen molar-refractivity contribution in [2.45, 2.75) is 57.5 Å². The minimum Gasteiger partial charge on any atom is -0.349 e. The Hall–Kier alpha value is -1.72. The molecule has 1 N–H and O–H groups in total. The van der Waals surface area contributed by atoms with Crippen molar-refractivity contribution in [2.75, 3.05) is 13.1 Å². The van der Waals surface area contributed by atoms with Gasteiger partial charge in [-0.1, -0.05) is 12.5 Å². The highest BCUT2D eigenvalue weighted by molar-refractivity contribution is 7.14. The Kier molecular flexibility index (Phi) is 5.65. The number of amides is 1. The summed E-state index contributed by atoms with van der Waals surface area (Å²) in [5.74, 6) is 0.131. The number of carbonyl (C=O) groups excluding carboxylic acids is 1. The van der Waals surface area contributed by atoms with Gasteiger partial charge in [-0.05, 0) is 62.3 Å². The zero-order chi connectivity index (χ0) is 17.8. The molecule has 1 amide bonds. The largest absolute Gasteiger partial charge is 0.349 e. The Morgan fingerprint density at radius 3 is 2.85 bits per heavy atom. The van der Waals surface area contributed by atoms with Gasteiger partial charge in [-0.3, -0.25) is 14.7 Å². The molecule has 0 bridgehead atoms. The predicted octanol–water partition coefficient (Wildman–Crippen LogP) is 3.81. The average Bonchev–Trinajstić information content (AvgIpc) is 2.95. The molecule has 1 aliphatic heterocycles. The third-order valence-electron chi connectivity index (χ3n) is 5.50. The summed E-state index contributed by atoms with van der Waals surface area (Å²) in [4.78, 5) is 21.9. The summed E-state index contributed by atoms with van der Waals surface area (Å²) < 4.78 is 0. The van der Waals surface area contributed by atoms with E-state index in [2.05, 4.69) is 27.3 Å². The minimum absolute atomic E-state index is 0.131. The highest BCUT2D eigenvalue weighted by atomic mass is 32.1. The van der Waals surface area contributed by atoms with Crippen LogP contribution in [0.4, 0.5) is 0 Å². The molecule has 26 heavy (non-hydrogen) atoms. The van der Waals surface area contributed by atoms with Crippen molar-refractivity contribution in [3.05, 3.63) is 51.5 Å². The molecule has 0 atom stereocenters. The van der Waals surface area contributed by atoms with E-state index in [9.17, 15) is 4.79 Å². The van der Waals surface area contributed by atoms with E-state index in [-0.39, 0.29) is 5.91 Å². The number of pyridine rings is 1. The lowest BCUT2D eigenvalue weighted by atomic mass is 10.0. The average molecular weight is 370 g/mol. The quantitative estimate of drug-likeness (QED) is 0.834. The van der Waals surface area contributed by atoms with Crippen molar-refractivity contribution in [3.63, 3.8) is 0 Å². The molecule has 4 rings (SSSR count). The first-order valence-corrected chi connectivity index (χ1v) is 10.6. The number of fused-ring (bicyclic) bond motifs is 1. The molecule has 1 aliphatic carbocycles. The van der Waals surface area contributed by atoms with Crippen molar-refractivity contribution in [1.82, 2.24) is 15.2 Å². The van der Waals surface area contributed by atoms with Gasteiger partial charge in [0.2, 0.25) is 0 Å². The topological polar surface area (TPSA) is 45.2 Å². The molecule has 3 heterocycles. The summed E-state index contributed by atoms with van der Waals surface area (Å²) in [7, 11) is 0. The van der Waals surface area contributed by atoms with E-state index in [0.29, 0.717) is 6.04 Å². The second-order valence-electron chi connectivity index (χ2n) is 7.46. The maximum Gasteiger partial charge on any atom is 0.261 e. The van der Waals surface area contributed by atoms with E-state index in [1.807, 2.05) is 18.3 Å². The summed E-state index contributed by atoms with van der Waals surface area (Å²) in [5, 5.41) is 3.27. The van der Waals surface area contributed by atoms with Crippen molar-refractivity contribution >= 4 is 17.2 Å². The first-order valence-electron chi connectivity index (χ1n) is 9.82. The van der Waals surface area contributed by atoms with E-state index in [0.717, 1.165) is 55.9 Å². The monoisotopic (exact) mass is 369 g/mol. The molecule has 0 spiro atoms. The van der Waals surface area contributed by atoms with E-state index >= 15 is 0 Å². The molecule has 0 saturated carbocycles. The fourth-order valence-corrected chi connectivity index (χ4v) is 5.15. The van der Waals surface area contributed by atoms with E-state index < -0.39 is 0 Å². The van der Waals surface area contributed by atoms with Crippen molar-refractivity contribution in [2.24, 2.45) is 0 Å². The SMILES string of the molecule is O=C(NC1CCN(Cc2ccccn2)CC1)c1cc2c(s1)CCCCC2. The third-order valence-corrected chi connectivity index (χ3v) is 6.74. The molecule has 2 aromatic rings. The number of nitrogens with one attached hydrogen (secondary N) is 1. The van der Waals surface area contributed by atoms with Crippen LogP contribution in [0.2, 0.25) is 0 Å². The van der Waals surface area contributed by atoms with E-state index in [1.165, 1.54) is 29.7 Å². The normalized spacial score (nSPS) is 18.9. The van der Waals surface area contributed by atoms with Gasteiger partial charge in [0.05, 0.1) is 10.6 Å². The minimum atomic E-state index is 0.131. The van der Waals surface area contributed by atoms with Gasteiger partial charge in [-0.25, -0.2) is 0 Å². The fraction of sp³-hybridized carbons (Fsp3) is 0.524. The summed E-state index contributed by atoms with van der Waals surface area (Å²) in [6, 6.07) is 8.52. The number of likely N-dealkylation sites (tertiary alicyclic amines) is 1. The van der Waals surface area contributed by atoms with Crippen LogP contribution in [0.5, 0.6) is 0 Å². The second-order valence-corrected chi connectivity index (χ2v) is 8.60. The van der Waals surface area contributed by atoms with Crippen LogP contribution in [0, 0.1) is 0 Å². The standard InChI is InChI=1S/C21H27N3OS/c25-21(20-14-16-6-2-1-3-8-19(16)26-20)23-17-9-12-24(13-10-17)15-18-7-4-5-11-22-18/h4-5,7,11,14,17H,1-3,6,8-10,12-13,15H2,(H,23,25). The molecule has 0 unspecified atom stereocenters. The van der Waals surface area contributed by atoms with Gasteiger partial charge in [0.25, 0.3) is 5.91 Å². The summed E-state index contributed by atoms with van der Waals surface area (Å²) >= 11 is 1.72. The molecule has 4 nitrogen and oxygen atoms in total. The molecule has 138 valence electrons. The van der Waals surface area contributed by atoms with Gasteiger partial charge in [-0.2, -0.15) is 0 Å². The number of hydrogen-bond acceptors (Lipinski definition) is 4. The lowest BCUT2D eigenvalue weighted by Crippen LogP contribution is -2.44. The van der Waals surface area contributed by atoms with Gasteiger partial charge in [0.1, 0.15) is 0 Å². The van der Waals surface area contributed by atoms with Crippen LogP contribution in [0.3, 0.4) is 0 Å². The molecule has 0 aromatic carbocycles. The fourth-order valence-electron chi connectivity index (χ4n) is 3.99. The molecule has 2 aliphatic rings. The number of rotatable bonds is 4. The first-order chi connectivity index (χ1) is 12.8. The highest BCUT2D eigenvalue weighted by Gasteiger charge is 2.23. The number of thiophene rings is 1. The maximum atomic E-state index is 12.7. The van der Waals surface area contributed by atoms with Gasteiger partial charge < -0.3 is 5.32 Å². The molecular formula is C21H27N3OS. The van der Waals surface area contributed by atoms with Crippen LogP contribution in [0.15, 0.2) is 30.5 Å². The third kappa shape index (κ3) is 4.33. The smallest absolute Gasteiger partial charge is 0.261 e. The molecule has 1 saturated heterocycles. The zero-order valence-corrected chi connectivity index (χ0v) is 16.1. The van der Waals surface area contributed by atoms with E-state index in [1.54, 1.807) is 11.3 Å². The Bertz CT molecular complexity index is 711. The van der Waals surface area contributed by atoms with Crippen LogP contribution >= 0.6 is 11.3 Å². The first kappa shape index (κ1) is 17.7. The summed E-state index contributed by atoms with van der Waals surface area (Å²) in [6.07, 6.45) is 10.0. The van der Waals surface area contributed by atoms with Crippen molar-refractivity contribution in [3.8, 4) is 0 Å².